The van der Waals surface area contributed by atoms with Gasteiger partial charge in [-0.3, -0.25) is 9.69 Å². The lowest BCUT2D eigenvalue weighted by Crippen LogP contribution is -2.41. The molecule has 0 bridgehead atoms. The first-order valence-corrected chi connectivity index (χ1v) is 10.0. The molecule has 0 saturated carbocycles. The fourth-order valence-corrected chi connectivity index (χ4v) is 4.12. The molecule has 1 aromatic carbocycles. The van der Waals surface area contributed by atoms with Gasteiger partial charge in [0.25, 0.3) is 0 Å². The van der Waals surface area contributed by atoms with Gasteiger partial charge >= 0.3 is 0 Å². The van der Waals surface area contributed by atoms with Gasteiger partial charge in [0.1, 0.15) is 5.82 Å². The Bertz CT molecular complexity index is 578. The summed E-state index contributed by atoms with van der Waals surface area (Å²) in [7, 11) is 2.18. The van der Waals surface area contributed by atoms with Crippen LogP contribution in [-0.2, 0) is 11.3 Å². The van der Waals surface area contributed by atoms with Crippen LogP contribution in [0.15, 0.2) is 24.3 Å². The second-order valence-corrected chi connectivity index (χ2v) is 7.97. The van der Waals surface area contributed by atoms with Crippen LogP contribution in [0.25, 0.3) is 0 Å². The first-order valence-electron chi connectivity index (χ1n) is 10.0. The van der Waals surface area contributed by atoms with Crippen molar-refractivity contribution in [2.45, 2.75) is 38.6 Å². The van der Waals surface area contributed by atoms with Gasteiger partial charge in [-0.1, -0.05) is 18.2 Å². The molecule has 4 nitrogen and oxygen atoms in total. The summed E-state index contributed by atoms with van der Waals surface area (Å²) >= 11 is 0. The molecule has 1 aromatic rings. The van der Waals surface area contributed by atoms with Gasteiger partial charge < -0.3 is 10.2 Å². The minimum absolute atomic E-state index is 0.115. The molecule has 1 N–H and O–H groups in total. The number of nitrogens with zero attached hydrogens (tertiary/aromatic N) is 2. The summed E-state index contributed by atoms with van der Waals surface area (Å²) in [6.07, 6.45) is 5.34. The summed E-state index contributed by atoms with van der Waals surface area (Å²) in [6, 6.07) is 6.96. The highest BCUT2D eigenvalue weighted by molar-refractivity contribution is 5.78. The minimum Gasteiger partial charge on any atom is -0.356 e. The highest BCUT2D eigenvalue weighted by Crippen LogP contribution is 2.21. The third-order valence-corrected chi connectivity index (χ3v) is 6.00. The van der Waals surface area contributed by atoms with Crippen LogP contribution in [0.3, 0.4) is 0 Å². The van der Waals surface area contributed by atoms with Gasteiger partial charge in [0.2, 0.25) is 5.91 Å². The average molecular weight is 362 g/mol. The molecular weight excluding hydrogens is 329 g/mol. The van der Waals surface area contributed by atoms with Crippen molar-refractivity contribution in [1.29, 1.82) is 0 Å². The standard InChI is InChI=1S/C21H32FN3O/c1-24-12-7-17(8-13-24)6-11-23-21(26)18-9-14-25(15-10-18)16-19-4-2-3-5-20(19)22/h2-5,17-18H,6-16H2,1H3,(H,23,26). The van der Waals surface area contributed by atoms with Gasteiger partial charge in [-0.05, 0) is 77.3 Å². The minimum atomic E-state index is -0.138. The number of rotatable bonds is 6. The Kier molecular flexibility index (Phi) is 7.03. The van der Waals surface area contributed by atoms with Crippen molar-refractivity contribution >= 4 is 5.91 Å². The number of carbonyl (C=O) groups excluding carboxylic acids is 1. The Morgan fingerprint density at radius 1 is 1.12 bits per heavy atom. The van der Waals surface area contributed by atoms with Gasteiger partial charge in [-0.15, -0.1) is 0 Å². The highest BCUT2D eigenvalue weighted by Gasteiger charge is 2.25. The summed E-state index contributed by atoms with van der Waals surface area (Å²) in [5.74, 6) is 0.947. The van der Waals surface area contributed by atoms with E-state index < -0.39 is 0 Å². The van der Waals surface area contributed by atoms with Crippen molar-refractivity contribution in [2.24, 2.45) is 11.8 Å². The van der Waals surface area contributed by atoms with Crippen LogP contribution in [-0.4, -0.2) is 55.5 Å². The molecule has 0 atom stereocenters. The van der Waals surface area contributed by atoms with Crippen molar-refractivity contribution in [3.63, 3.8) is 0 Å². The summed E-state index contributed by atoms with van der Waals surface area (Å²) < 4.78 is 13.8. The topological polar surface area (TPSA) is 35.6 Å². The Morgan fingerprint density at radius 3 is 2.50 bits per heavy atom. The number of likely N-dealkylation sites (tertiary alicyclic amines) is 2. The predicted molar refractivity (Wildman–Crippen MR) is 102 cm³/mol. The number of hydrogen-bond acceptors (Lipinski definition) is 3. The van der Waals surface area contributed by atoms with Gasteiger partial charge in [0.15, 0.2) is 0 Å². The van der Waals surface area contributed by atoms with Gasteiger partial charge in [0.05, 0.1) is 0 Å². The van der Waals surface area contributed by atoms with E-state index in [1.807, 2.05) is 12.1 Å². The van der Waals surface area contributed by atoms with Crippen LogP contribution in [0, 0.1) is 17.7 Å². The molecule has 2 aliphatic rings. The largest absolute Gasteiger partial charge is 0.356 e. The predicted octanol–water partition coefficient (Wildman–Crippen LogP) is 2.89. The lowest BCUT2D eigenvalue weighted by atomic mass is 9.93. The van der Waals surface area contributed by atoms with Gasteiger partial charge in [0, 0.05) is 24.6 Å². The molecule has 5 heteroatoms. The van der Waals surface area contributed by atoms with Crippen LogP contribution in [0.4, 0.5) is 4.39 Å². The molecule has 26 heavy (non-hydrogen) atoms. The van der Waals surface area contributed by atoms with E-state index in [4.69, 9.17) is 0 Å². The lowest BCUT2D eigenvalue weighted by molar-refractivity contribution is -0.126. The first-order chi connectivity index (χ1) is 12.6. The van der Waals surface area contributed by atoms with Crippen molar-refractivity contribution < 1.29 is 9.18 Å². The molecular formula is C21H32FN3O. The molecule has 2 heterocycles. The van der Waals surface area contributed by atoms with Crippen LogP contribution in [0.5, 0.6) is 0 Å². The summed E-state index contributed by atoms with van der Waals surface area (Å²) in [4.78, 5) is 17.0. The van der Waals surface area contributed by atoms with E-state index in [0.29, 0.717) is 6.54 Å². The fourth-order valence-electron chi connectivity index (χ4n) is 4.12. The van der Waals surface area contributed by atoms with E-state index in [9.17, 15) is 9.18 Å². The smallest absolute Gasteiger partial charge is 0.223 e. The number of piperidine rings is 2. The van der Waals surface area contributed by atoms with E-state index in [1.54, 1.807) is 6.07 Å². The van der Waals surface area contributed by atoms with Gasteiger partial charge in [-0.2, -0.15) is 0 Å². The van der Waals surface area contributed by atoms with E-state index >= 15 is 0 Å². The molecule has 3 rings (SSSR count). The SMILES string of the molecule is CN1CCC(CCNC(=O)C2CCN(Cc3ccccc3F)CC2)CC1. The average Bonchev–Trinajstić information content (AvgIpc) is 2.66. The fraction of sp³-hybridized carbons (Fsp3) is 0.667. The zero-order chi connectivity index (χ0) is 18.4. The van der Waals surface area contributed by atoms with Crippen molar-refractivity contribution in [3.05, 3.63) is 35.6 Å². The molecule has 2 aliphatic heterocycles. The number of halogens is 1. The van der Waals surface area contributed by atoms with E-state index in [2.05, 4.69) is 22.2 Å². The second-order valence-electron chi connectivity index (χ2n) is 7.97. The molecule has 144 valence electrons. The van der Waals surface area contributed by atoms with Crippen LogP contribution < -0.4 is 5.32 Å². The molecule has 0 aromatic heterocycles. The molecule has 0 spiro atoms. The summed E-state index contributed by atoms with van der Waals surface area (Å²) in [5, 5.41) is 3.15. The Hall–Kier alpha value is -1.46. The monoisotopic (exact) mass is 361 g/mol. The lowest BCUT2D eigenvalue weighted by Gasteiger charge is -2.32. The van der Waals surface area contributed by atoms with E-state index in [-0.39, 0.29) is 17.6 Å². The molecule has 2 saturated heterocycles. The van der Waals surface area contributed by atoms with E-state index in [0.717, 1.165) is 50.4 Å². The number of amides is 1. The van der Waals surface area contributed by atoms with Gasteiger partial charge in [-0.25, -0.2) is 4.39 Å². The van der Waals surface area contributed by atoms with Crippen LogP contribution in [0.2, 0.25) is 0 Å². The Morgan fingerprint density at radius 2 is 1.81 bits per heavy atom. The summed E-state index contributed by atoms with van der Waals surface area (Å²) in [5.41, 5.74) is 0.744. The zero-order valence-corrected chi connectivity index (χ0v) is 15.9. The number of carbonyl (C=O) groups is 1. The highest BCUT2D eigenvalue weighted by atomic mass is 19.1. The molecule has 1 amide bonds. The quantitative estimate of drug-likeness (QED) is 0.846. The maximum atomic E-state index is 13.8. The normalized spacial score (nSPS) is 21.0. The van der Waals surface area contributed by atoms with Crippen LogP contribution in [0.1, 0.15) is 37.7 Å². The third kappa shape index (κ3) is 5.52. The molecule has 0 aliphatic carbocycles. The number of nitrogens with one attached hydrogen (secondary N) is 1. The van der Waals surface area contributed by atoms with Crippen molar-refractivity contribution in [3.8, 4) is 0 Å². The Balaban J connectivity index is 1.34. The molecule has 0 radical (unpaired) electrons. The maximum Gasteiger partial charge on any atom is 0.223 e. The van der Waals surface area contributed by atoms with Crippen molar-refractivity contribution in [2.75, 3.05) is 39.8 Å². The summed E-state index contributed by atoms with van der Waals surface area (Å²) in [6.45, 7) is 5.53. The third-order valence-electron chi connectivity index (χ3n) is 6.00. The van der Waals surface area contributed by atoms with E-state index in [1.165, 1.54) is 32.0 Å². The number of benzene rings is 1. The second kappa shape index (κ2) is 9.47. The first kappa shape index (κ1) is 19.3. The Labute approximate surface area is 156 Å². The van der Waals surface area contributed by atoms with Crippen molar-refractivity contribution in [1.82, 2.24) is 15.1 Å². The van der Waals surface area contributed by atoms with Crippen LogP contribution >= 0.6 is 0 Å². The maximum absolute atomic E-state index is 13.8. The molecule has 0 unspecified atom stereocenters. The number of hydrogen-bond donors (Lipinski definition) is 1. The zero-order valence-electron chi connectivity index (χ0n) is 15.9. The molecule has 2 fully saturated rings.